The summed E-state index contributed by atoms with van der Waals surface area (Å²) in [4.78, 5) is 28.0. The van der Waals surface area contributed by atoms with Crippen LogP contribution in [0, 0.1) is 10.1 Å². The number of hydrogen-bond acceptors (Lipinski definition) is 6. The molecular formula is C20H16F3N3O4. The van der Waals surface area contributed by atoms with Crippen molar-refractivity contribution in [3.8, 4) is 0 Å². The molecule has 0 N–H and O–H groups in total. The maximum Gasteiger partial charge on any atom is 0.434 e. The van der Waals surface area contributed by atoms with Gasteiger partial charge in [-0.1, -0.05) is 30.3 Å². The van der Waals surface area contributed by atoms with E-state index in [0.717, 1.165) is 12.4 Å². The lowest BCUT2D eigenvalue weighted by atomic mass is 9.93. The molecule has 7 nitrogen and oxygen atoms in total. The standard InChI is InChI=1S/C20H16F3N3O4/c1-2-30-19(27)16-17(13-7-6-10-15(11-13)26(28)29)25(14-8-4-3-5-9-14)12-24-18(16)20(21,22)23/h3-12,17H,2H2,1H3. The van der Waals surface area contributed by atoms with Crippen molar-refractivity contribution in [3.63, 3.8) is 0 Å². The van der Waals surface area contributed by atoms with Crippen LogP contribution in [0.3, 0.4) is 0 Å². The Hall–Kier alpha value is -3.69. The van der Waals surface area contributed by atoms with E-state index < -0.39 is 34.4 Å². The van der Waals surface area contributed by atoms with Gasteiger partial charge in [-0.2, -0.15) is 13.2 Å². The van der Waals surface area contributed by atoms with Gasteiger partial charge in [0.2, 0.25) is 0 Å². The van der Waals surface area contributed by atoms with Gasteiger partial charge in [-0.25, -0.2) is 9.79 Å². The van der Waals surface area contributed by atoms with Gasteiger partial charge in [-0.05, 0) is 24.6 Å². The Bertz CT molecular complexity index is 1020. The lowest BCUT2D eigenvalue weighted by Gasteiger charge is -2.35. The summed E-state index contributed by atoms with van der Waals surface area (Å²) in [5.41, 5.74) is -1.90. The third-order valence-corrected chi connectivity index (χ3v) is 4.33. The average molecular weight is 419 g/mol. The molecule has 1 aliphatic heterocycles. The van der Waals surface area contributed by atoms with Crippen molar-refractivity contribution in [3.05, 3.63) is 81.5 Å². The molecule has 0 saturated heterocycles. The second-order valence-electron chi connectivity index (χ2n) is 6.22. The summed E-state index contributed by atoms with van der Waals surface area (Å²) in [5, 5.41) is 11.2. The Morgan fingerprint density at radius 1 is 1.20 bits per heavy atom. The molecule has 0 fully saturated rings. The van der Waals surface area contributed by atoms with Crippen LogP contribution < -0.4 is 4.90 Å². The number of rotatable bonds is 5. The minimum Gasteiger partial charge on any atom is -0.463 e. The van der Waals surface area contributed by atoms with E-state index in [-0.39, 0.29) is 17.9 Å². The monoisotopic (exact) mass is 419 g/mol. The number of nitro benzene ring substituents is 1. The number of aliphatic imine (C=N–C) groups is 1. The molecule has 1 atom stereocenters. The van der Waals surface area contributed by atoms with Crippen LogP contribution in [0.2, 0.25) is 0 Å². The fourth-order valence-electron chi connectivity index (χ4n) is 3.12. The first-order valence-electron chi connectivity index (χ1n) is 8.84. The van der Waals surface area contributed by atoms with Crippen LogP contribution >= 0.6 is 0 Å². The summed E-state index contributed by atoms with van der Waals surface area (Å²) in [6.07, 6.45) is -3.97. The molecule has 1 aliphatic rings. The first-order valence-corrected chi connectivity index (χ1v) is 8.84. The molecule has 3 rings (SSSR count). The SMILES string of the molecule is CCOC(=O)C1=C(C(F)(F)F)N=CN(c2ccccc2)C1c1cccc([N+](=O)[O-])c1. The minimum absolute atomic E-state index is 0.115. The van der Waals surface area contributed by atoms with E-state index in [1.54, 1.807) is 30.3 Å². The highest BCUT2D eigenvalue weighted by Crippen LogP contribution is 2.42. The van der Waals surface area contributed by atoms with Crippen LogP contribution in [0.25, 0.3) is 0 Å². The molecule has 0 spiro atoms. The Morgan fingerprint density at radius 2 is 1.90 bits per heavy atom. The fraction of sp³-hybridized carbons (Fsp3) is 0.200. The van der Waals surface area contributed by atoms with Gasteiger partial charge in [0.05, 0.1) is 29.5 Å². The van der Waals surface area contributed by atoms with Crippen molar-refractivity contribution in [2.24, 2.45) is 4.99 Å². The summed E-state index contributed by atoms with van der Waals surface area (Å²) in [5.74, 6) is -1.20. The highest BCUT2D eigenvalue weighted by atomic mass is 19.4. The zero-order chi connectivity index (χ0) is 21.9. The third kappa shape index (κ3) is 4.17. The van der Waals surface area contributed by atoms with Crippen LogP contribution in [0.15, 0.2) is 70.9 Å². The van der Waals surface area contributed by atoms with Gasteiger partial charge in [0.25, 0.3) is 5.69 Å². The number of benzene rings is 2. The number of nitro groups is 1. The number of non-ortho nitro benzene ring substituents is 1. The van der Waals surface area contributed by atoms with Crippen LogP contribution in [-0.4, -0.2) is 30.0 Å². The van der Waals surface area contributed by atoms with Crippen molar-refractivity contribution < 1.29 is 27.6 Å². The molecule has 0 amide bonds. The Morgan fingerprint density at radius 3 is 2.50 bits per heavy atom. The summed E-state index contributed by atoms with van der Waals surface area (Å²) in [7, 11) is 0. The first-order chi connectivity index (χ1) is 14.2. The van der Waals surface area contributed by atoms with Crippen molar-refractivity contribution in [2.75, 3.05) is 11.5 Å². The Balaban J connectivity index is 2.27. The number of esters is 1. The molecule has 0 aromatic heterocycles. The number of nitrogens with zero attached hydrogens (tertiary/aromatic N) is 3. The quantitative estimate of drug-likeness (QED) is 0.403. The predicted molar refractivity (Wildman–Crippen MR) is 103 cm³/mol. The number of ether oxygens (including phenoxy) is 1. The molecule has 156 valence electrons. The molecule has 0 aliphatic carbocycles. The predicted octanol–water partition coefficient (Wildman–Crippen LogP) is 4.56. The molecular weight excluding hydrogens is 403 g/mol. The topological polar surface area (TPSA) is 85.0 Å². The number of hydrogen-bond donors (Lipinski definition) is 0. The molecule has 1 unspecified atom stereocenters. The van der Waals surface area contributed by atoms with Crippen LogP contribution in [-0.2, 0) is 9.53 Å². The van der Waals surface area contributed by atoms with Gasteiger partial charge < -0.3 is 9.64 Å². The third-order valence-electron chi connectivity index (χ3n) is 4.33. The van der Waals surface area contributed by atoms with Crippen molar-refractivity contribution >= 4 is 23.7 Å². The van der Waals surface area contributed by atoms with Gasteiger partial charge in [0, 0.05) is 17.8 Å². The number of halogens is 3. The molecule has 1 heterocycles. The maximum absolute atomic E-state index is 13.7. The Kier molecular flexibility index (Phi) is 5.86. The number of alkyl halides is 3. The van der Waals surface area contributed by atoms with E-state index in [9.17, 15) is 28.1 Å². The number of para-hydroxylation sites is 1. The van der Waals surface area contributed by atoms with E-state index >= 15 is 0 Å². The van der Waals surface area contributed by atoms with Crippen LogP contribution in [0.5, 0.6) is 0 Å². The van der Waals surface area contributed by atoms with Crippen LogP contribution in [0.4, 0.5) is 24.5 Å². The van der Waals surface area contributed by atoms with E-state index in [2.05, 4.69) is 4.99 Å². The molecule has 2 aromatic carbocycles. The molecule has 10 heteroatoms. The normalized spacial score (nSPS) is 16.5. The second-order valence-corrected chi connectivity index (χ2v) is 6.22. The van der Waals surface area contributed by atoms with E-state index in [4.69, 9.17) is 4.74 Å². The lowest BCUT2D eigenvalue weighted by Crippen LogP contribution is -2.37. The van der Waals surface area contributed by atoms with Gasteiger partial charge in [0.1, 0.15) is 0 Å². The van der Waals surface area contributed by atoms with Crippen molar-refractivity contribution in [2.45, 2.75) is 19.1 Å². The summed E-state index contributed by atoms with van der Waals surface area (Å²) in [6.45, 7) is 1.32. The molecule has 0 bridgehead atoms. The van der Waals surface area contributed by atoms with Crippen LogP contribution in [0.1, 0.15) is 18.5 Å². The highest BCUT2D eigenvalue weighted by molar-refractivity contribution is 5.97. The summed E-state index contributed by atoms with van der Waals surface area (Å²) < 4.78 is 46.0. The number of allylic oxidation sites excluding steroid dienone is 1. The maximum atomic E-state index is 13.7. The fourth-order valence-corrected chi connectivity index (χ4v) is 3.12. The summed E-state index contributed by atoms with van der Waals surface area (Å²) >= 11 is 0. The van der Waals surface area contributed by atoms with E-state index in [1.165, 1.54) is 30.0 Å². The minimum atomic E-state index is -4.93. The van der Waals surface area contributed by atoms with E-state index in [1.807, 2.05) is 0 Å². The Labute approximate surface area is 169 Å². The van der Waals surface area contributed by atoms with Crippen molar-refractivity contribution in [1.82, 2.24) is 0 Å². The molecule has 30 heavy (non-hydrogen) atoms. The first kappa shape index (κ1) is 21.0. The number of carbonyl (C=O) groups is 1. The summed E-state index contributed by atoms with van der Waals surface area (Å²) in [6, 6.07) is 12.1. The largest absolute Gasteiger partial charge is 0.463 e. The second kappa shape index (κ2) is 8.36. The number of carbonyl (C=O) groups excluding carboxylic acids is 1. The highest BCUT2D eigenvalue weighted by Gasteiger charge is 2.45. The number of anilines is 1. The van der Waals surface area contributed by atoms with Gasteiger partial charge in [0.15, 0.2) is 5.70 Å². The smallest absolute Gasteiger partial charge is 0.434 e. The van der Waals surface area contributed by atoms with Gasteiger partial charge in [-0.3, -0.25) is 10.1 Å². The zero-order valence-corrected chi connectivity index (χ0v) is 15.7. The molecule has 0 saturated carbocycles. The average Bonchev–Trinajstić information content (AvgIpc) is 2.73. The lowest BCUT2D eigenvalue weighted by molar-refractivity contribution is -0.384. The van der Waals surface area contributed by atoms with E-state index in [0.29, 0.717) is 5.69 Å². The van der Waals surface area contributed by atoms with Gasteiger partial charge in [-0.15, -0.1) is 0 Å². The van der Waals surface area contributed by atoms with Crippen molar-refractivity contribution in [1.29, 1.82) is 0 Å². The molecule has 0 radical (unpaired) electrons. The zero-order valence-electron chi connectivity index (χ0n) is 15.7. The molecule has 2 aromatic rings. The van der Waals surface area contributed by atoms with Gasteiger partial charge >= 0.3 is 12.1 Å².